The number of benzene rings is 1. The Balaban J connectivity index is 1.78. The van der Waals surface area contributed by atoms with Crippen molar-refractivity contribution >= 4 is 11.0 Å². The summed E-state index contributed by atoms with van der Waals surface area (Å²) < 4.78 is 42.7. The highest BCUT2D eigenvalue weighted by molar-refractivity contribution is 5.80. The van der Waals surface area contributed by atoms with Gasteiger partial charge in [-0.05, 0) is 18.2 Å². The van der Waals surface area contributed by atoms with Crippen molar-refractivity contribution in [1.82, 2.24) is 19.5 Å². The van der Waals surface area contributed by atoms with Crippen LogP contribution in [0.15, 0.2) is 54.9 Å². The molecule has 31 heavy (non-hydrogen) atoms. The Hall–Kier alpha value is -3.59. The van der Waals surface area contributed by atoms with Crippen LogP contribution >= 0.6 is 0 Å². The first kappa shape index (κ1) is 20.7. The third-order valence-corrected chi connectivity index (χ3v) is 4.75. The summed E-state index contributed by atoms with van der Waals surface area (Å²) in [7, 11) is 3.13. The molecule has 0 N–H and O–H groups in total. The van der Waals surface area contributed by atoms with Crippen molar-refractivity contribution < 1.29 is 23.0 Å². The first-order chi connectivity index (χ1) is 15.1. The predicted octanol–water partition coefficient (Wildman–Crippen LogP) is 4.30. The van der Waals surface area contributed by atoms with E-state index in [1.807, 2.05) is 16.7 Å². The van der Waals surface area contributed by atoms with Gasteiger partial charge in [0.25, 0.3) is 0 Å². The number of aromatic nitrogens is 4. The van der Waals surface area contributed by atoms with Crippen LogP contribution in [0.2, 0.25) is 0 Å². The molecule has 9 heteroatoms. The van der Waals surface area contributed by atoms with Gasteiger partial charge in [-0.25, -0.2) is 9.97 Å². The van der Waals surface area contributed by atoms with Crippen LogP contribution in [0.1, 0.15) is 11.4 Å². The van der Waals surface area contributed by atoms with Crippen molar-refractivity contribution in [3.63, 3.8) is 0 Å². The van der Waals surface area contributed by atoms with Gasteiger partial charge in [0.2, 0.25) is 5.88 Å². The van der Waals surface area contributed by atoms with E-state index >= 15 is 0 Å². The van der Waals surface area contributed by atoms with E-state index in [9.17, 15) is 8.78 Å². The number of alkyl halides is 2. The zero-order chi connectivity index (χ0) is 21.8. The second kappa shape index (κ2) is 9.05. The van der Waals surface area contributed by atoms with E-state index in [-0.39, 0.29) is 18.9 Å². The second-order valence-corrected chi connectivity index (χ2v) is 6.68. The van der Waals surface area contributed by atoms with Gasteiger partial charge in [0.1, 0.15) is 23.7 Å². The molecule has 0 amide bonds. The van der Waals surface area contributed by atoms with Crippen molar-refractivity contribution in [3.05, 3.63) is 66.2 Å². The minimum absolute atomic E-state index is 0.122. The number of rotatable bonds is 8. The zero-order valence-corrected chi connectivity index (χ0v) is 17.0. The van der Waals surface area contributed by atoms with Gasteiger partial charge in [-0.15, -0.1) is 0 Å². The number of imidazole rings is 1. The molecular formula is C22H20F2N4O3. The molecule has 0 atom stereocenters. The number of fused-ring (bicyclic) bond motifs is 1. The minimum atomic E-state index is -2.91. The predicted molar refractivity (Wildman–Crippen MR) is 110 cm³/mol. The Bertz CT molecular complexity index is 1180. The fourth-order valence-corrected chi connectivity index (χ4v) is 3.32. The molecule has 7 nitrogen and oxygen atoms in total. The molecule has 0 saturated heterocycles. The quantitative estimate of drug-likeness (QED) is 0.418. The van der Waals surface area contributed by atoms with Crippen molar-refractivity contribution in [2.24, 2.45) is 0 Å². The largest absolute Gasteiger partial charge is 0.481 e. The highest BCUT2D eigenvalue weighted by Gasteiger charge is 2.16. The van der Waals surface area contributed by atoms with E-state index in [1.54, 1.807) is 50.9 Å². The van der Waals surface area contributed by atoms with E-state index < -0.39 is 6.61 Å². The molecule has 0 spiro atoms. The molecule has 3 aromatic heterocycles. The third-order valence-electron chi connectivity index (χ3n) is 4.75. The number of hydrogen-bond acceptors (Lipinski definition) is 6. The lowest BCUT2D eigenvalue weighted by molar-refractivity contribution is -0.0504. The summed E-state index contributed by atoms with van der Waals surface area (Å²) in [5, 5.41) is 0. The Morgan fingerprint density at radius 1 is 1.03 bits per heavy atom. The lowest BCUT2D eigenvalue weighted by atomic mass is 10.1. The molecule has 0 unspecified atom stereocenters. The maximum atomic E-state index is 12.8. The van der Waals surface area contributed by atoms with Crippen LogP contribution in [-0.2, 0) is 17.9 Å². The number of methoxy groups -OCH3 is 2. The molecule has 0 radical (unpaired) electrons. The van der Waals surface area contributed by atoms with Gasteiger partial charge < -0.3 is 18.8 Å². The molecule has 0 bridgehead atoms. The van der Waals surface area contributed by atoms with Crippen LogP contribution in [0.3, 0.4) is 0 Å². The van der Waals surface area contributed by atoms with Gasteiger partial charge in [-0.3, -0.25) is 4.98 Å². The summed E-state index contributed by atoms with van der Waals surface area (Å²) in [5.41, 5.74) is 3.57. The van der Waals surface area contributed by atoms with Gasteiger partial charge in [0.15, 0.2) is 0 Å². The number of ether oxygens (including phenoxy) is 3. The Morgan fingerprint density at radius 3 is 2.58 bits per heavy atom. The molecule has 160 valence electrons. The van der Waals surface area contributed by atoms with Crippen LogP contribution in [0.4, 0.5) is 8.78 Å². The fourth-order valence-electron chi connectivity index (χ4n) is 3.32. The molecular weight excluding hydrogens is 406 g/mol. The van der Waals surface area contributed by atoms with E-state index in [4.69, 9.17) is 14.2 Å². The fraction of sp³-hybridized carbons (Fsp3) is 0.227. The highest BCUT2D eigenvalue weighted by Crippen LogP contribution is 2.27. The normalized spacial score (nSPS) is 11.3. The number of para-hydroxylation sites is 1. The number of pyridine rings is 2. The standard InChI is InChI=1S/C22H20F2N4O3/c1-29-13-20-27-17-11-25-16(14-7-8-21(30-2)26-10-14)9-18(17)28(20)12-15-5-3-4-6-19(15)31-22(23)24/h3-11,22H,12-13H2,1-2H3. The third kappa shape index (κ3) is 4.46. The molecule has 4 aromatic rings. The maximum absolute atomic E-state index is 12.8. The highest BCUT2D eigenvalue weighted by atomic mass is 19.3. The summed E-state index contributed by atoms with van der Waals surface area (Å²) >= 11 is 0. The van der Waals surface area contributed by atoms with Gasteiger partial charge in [-0.2, -0.15) is 8.78 Å². The number of hydrogen-bond donors (Lipinski definition) is 0. The van der Waals surface area contributed by atoms with Crippen molar-refractivity contribution in [3.8, 4) is 22.9 Å². The number of halogens is 2. The second-order valence-electron chi connectivity index (χ2n) is 6.68. The van der Waals surface area contributed by atoms with Gasteiger partial charge >= 0.3 is 6.61 Å². The smallest absolute Gasteiger partial charge is 0.387 e. The van der Waals surface area contributed by atoms with E-state index in [2.05, 4.69) is 15.0 Å². The average Bonchev–Trinajstić information content (AvgIpc) is 3.11. The summed E-state index contributed by atoms with van der Waals surface area (Å²) in [6.07, 6.45) is 3.35. The Kier molecular flexibility index (Phi) is 6.03. The molecule has 0 aliphatic carbocycles. The summed E-state index contributed by atoms with van der Waals surface area (Å²) in [6, 6.07) is 12.2. The first-order valence-electron chi connectivity index (χ1n) is 9.46. The SMILES string of the molecule is COCc1nc2cnc(-c3ccc(OC)nc3)cc2n1Cc1ccccc1OC(F)F. The summed E-state index contributed by atoms with van der Waals surface area (Å²) in [4.78, 5) is 13.3. The van der Waals surface area contributed by atoms with Crippen molar-refractivity contribution in [1.29, 1.82) is 0 Å². The van der Waals surface area contributed by atoms with Crippen molar-refractivity contribution in [2.75, 3.05) is 14.2 Å². The lowest BCUT2D eigenvalue weighted by Gasteiger charge is -2.14. The number of nitrogens with zero attached hydrogens (tertiary/aromatic N) is 4. The van der Waals surface area contributed by atoms with Crippen LogP contribution in [0.25, 0.3) is 22.3 Å². The Morgan fingerprint density at radius 2 is 1.87 bits per heavy atom. The minimum Gasteiger partial charge on any atom is -0.481 e. The van der Waals surface area contributed by atoms with Crippen molar-refractivity contribution in [2.45, 2.75) is 19.8 Å². The van der Waals surface area contributed by atoms with Crippen LogP contribution in [-0.4, -0.2) is 40.4 Å². The topological polar surface area (TPSA) is 71.3 Å². The maximum Gasteiger partial charge on any atom is 0.387 e. The van der Waals surface area contributed by atoms with Gasteiger partial charge in [-0.1, -0.05) is 18.2 Å². The summed E-state index contributed by atoms with van der Waals surface area (Å²) in [5.74, 6) is 1.28. The van der Waals surface area contributed by atoms with E-state index in [0.29, 0.717) is 28.5 Å². The molecule has 4 rings (SSSR count). The molecule has 0 fully saturated rings. The summed E-state index contributed by atoms with van der Waals surface area (Å²) in [6.45, 7) is -2.37. The lowest BCUT2D eigenvalue weighted by Crippen LogP contribution is -2.09. The monoisotopic (exact) mass is 426 g/mol. The zero-order valence-electron chi connectivity index (χ0n) is 17.0. The first-order valence-corrected chi connectivity index (χ1v) is 9.46. The Labute approximate surface area is 177 Å². The molecule has 0 aliphatic rings. The average molecular weight is 426 g/mol. The molecule has 1 aromatic carbocycles. The molecule has 0 saturated carbocycles. The van der Waals surface area contributed by atoms with Gasteiger partial charge in [0, 0.05) is 30.5 Å². The molecule has 0 aliphatic heterocycles. The van der Waals surface area contributed by atoms with E-state index in [1.165, 1.54) is 6.07 Å². The van der Waals surface area contributed by atoms with Gasteiger partial charge in [0.05, 0.1) is 31.1 Å². The van der Waals surface area contributed by atoms with Crippen LogP contribution in [0, 0.1) is 0 Å². The molecule has 3 heterocycles. The van der Waals surface area contributed by atoms with Crippen LogP contribution in [0.5, 0.6) is 11.6 Å². The van der Waals surface area contributed by atoms with Crippen LogP contribution < -0.4 is 9.47 Å². The van der Waals surface area contributed by atoms with E-state index in [0.717, 1.165) is 11.1 Å².